The standard InChI is InChI=1S/C20H23ClN2O2/c21-18-8-6-17(7-9-18)20(24)22-15-19(23-10-12-25-13-11-23)14-16-4-2-1-3-5-16/h1-9,19H,10-15H2,(H,22,24). The van der Waals surface area contributed by atoms with E-state index in [4.69, 9.17) is 16.3 Å². The van der Waals surface area contributed by atoms with E-state index in [9.17, 15) is 4.79 Å². The summed E-state index contributed by atoms with van der Waals surface area (Å²) >= 11 is 5.89. The molecule has 0 bridgehead atoms. The predicted molar refractivity (Wildman–Crippen MR) is 100 cm³/mol. The number of halogens is 1. The molecule has 0 spiro atoms. The van der Waals surface area contributed by atoms with Crippen molar-refractivity contribution < 1.29 is 9.53 Å². The maximum atomic E-state index is 12.4. The van der Waals surface area contributed by atoms with Crippen molar-refractivity contribution in [3.05, 3.63) is 70.7 Å². The molecule has 5 heteroatoms. The van der Waals surface area contributed by atoms with Gasteiger partial charge < -0.3 is 10.1 Å². The number of amides is 1. The molecule has 4 nitrogen and oxygen atoms in total. The molecule has 132 valence electrons. The number of hydrogen-bond donors (Lipinski definition) is 1. The number of ether oxygens (including phenoxy) is 1. The second-order valence-corrected chi connectivity index (χ2v) is 6.65. The molecule has 1 aliphatic rings. The fourth-order valence-electron chi connectivity index (χ4n) is 3.07. The zero-order chi connectivity index (χ0) is 17.5. The third-order valence-corrected chi connectivity index (χ3v) is 4.73. The average molecular weight is 359 g/mol. The summed E-state index contributed by atoms with van der Waals surface area (Å²) in [4.78, 5) is 14.8. The molecule has 0 radical (unpaired) electrons. The Kier molecular flexibility index (Phi) is 6.45. The van der Waals surface area contributed by atoms with Gasteiger partial charge in [-0.1, -0.05) is 41.9 Å². The van der Waals surface area contributed by atoms with Gasteiger partial charge in [0.1, 0.15) is 0 Å². The van der Waals surface area contributed by atoms with Crippen LogP contribution in [0.15, 0.2) is 54.6 Å². The molecule has 2 aromatic carbocycles. The van der Waals surface area contributed by atoms with Gasteiger partial charge in [-0.2, -0.15) is 0 Å². The summed E-state index contributed by atoms with van der Waals surface area (Å²) < 4.78 is 5.46. The fourth-order valence-corrected chi connectivity index (χ4v) is 3.20. The van der Waals surface area contributed by atoms with Crippen LogP contribution in [0.3, 0.4) is 0 Å². The third-order valence-electron chi connectivity index (χ3n) is 4.48. The van der Waals surface area contributed by atoms with Gasteiger partial charge in [0.15, 0.2) is 0 Å². The molecule has 1 fully saturated rings. The third kappa shape index (κ3) is 5.30. The van der Waals surface area contributed by atoms with Crippen LogP contribution in [-0.4, -0.2) is 49.7 Å². The normalized spacial score (nSPS) is 16.4. The molecule has 1 unspecified atom stereocenters. The maximum Gasteiger partial charge on any atom is 0.251 e. The highest BCUT2D eigenvalue weighted by atomic mass is 35.5. The van der Waals surface area contributed by atoms with E-state index in [-0.39, 0.29) is 11.9 Å². The Hall–Kier alpha value is -1.88. The lowest BCUT2D eigenvalue weighted by molar-refractivity contribution is 0.0167. The van der Waals surface area contributed by atoms with Crippen LogP contribution in [0.25, 0.3) is 0 Å². The van der Waals surface area contributed by atoms with Crippen LogP contribution < -0.4 is 5.32 Å². The molecule has 0 saturated carbocycles. The Morgan fingerprint density at radius 2 is 1.76 bits per heavy atom. The number of nitrogens with zero attached hydrogens (tertiary/aromatic N) is 1. The molecule has 1 N–H and O–H groups in total. The van der Waals surface area contributed by atoms with Crippen LogP contribution in [-0.2, 0) is 11.2 Å². The van der Waals surface area contributed by atoms with Gasteiger partial charge in [0.05, 0.1) is 13.2 Å². The zero-order valence-electron chi connectivity index (χ0n) is 14.2. The van der Waals surface area contributed by atoms with Crippen molar-refractivity contribution in [2.45, 2.75) is 12.5 Å². The molecular weight excluding hydrogens is 336 g/mol. The van der Waals surface area contributed by atoms with Gasteiger partial charge in [0.2, 0.25) is 0 Å². The molecule has 1 saturated heterocycles. The van der Waals surface area contributed by atoms with Gasteiger partial charge in [-0.3, -0.25) is 9.69 Å². The first-order chi connectivity index (χ1) is 12.2. The van der Waals surface area contributed by atoms with Crippen molar-refractivity contribution in [3.8, 4) is 0 Å². The van der Waals surface area contributed by atoms with Crippen molar-refractivity contribution >= 4 is 17.5 Å². The second-order valence-electron chi connectivity index (χ2n) is 6.21. The highest BCUT2D eigenvalue weighted by Crippen LogP contribution is 2.12. The van der Waals surface area contributed by atoms with Crippen LogP contribution in [0.1, 0.15) is 15.9 Å². The quantitative estimate of drug-likeness (QED) is 0.863. The molecule has 1 aliphatic heterocycles. The Morgan fingerprint density at radius 1 is 1.08 bits per heavy atom. The van der Waals surface area contributed by atoms with Crippen molar-refractivity contribution in [3.63, 3.8) is 0 Å². The minimum atomic E-state index is -0.0667. The molecule has 3 rings (SSSR count). The molecule has 2 aromatic rings. The largest absolute Gasteiger partial charge is 0.379 e. The highest BCUT2D eigenvalue weighted by molar-refractivity contribution is 6.30. The van der Waals surface area contributed by atoms with Crippen LogP contribution in [0.4, 0.5) is 0 Å². The number of benzene rings is 2. The number of carbonyl (C=O) groups excluding carboxylic acids is 1. The summed E-state index contributed by atoms with van der Waals surface area (Å²) in [5, 5.41) is 3.70. The Morgan fingerprint density at radius 3 is 2.44 bits per heavy atom. The average Bonchev–Trinajstić information content (AvgIpc) is 2.67. The number of nitrogens with one attached hydrogen (secondary N) is 1. The second kappa shape index (κ2) is 8.99. The summed E-state index contributed by atoms with van der Waals surface area (Å²) in [7, 11) is 0. The zero-order valence-corrected chi connectivity index (χ0v) is 14.9. The lowest BCUT2D eigenvalue weighted by Gasteiger charge is -2.34. The van der Waals surface area contributed by atoms with E-state index in [2.05, 4.69) is 34.5 Å². The summed E-state index contributed by atoms with van der Waals surface area (Å²) in [6.45, 7) is 3.89. The summed E-state index contributed by atoms with van der Waals surface area (Å²) in [5.74, 6) is -0.0667. The van der Waals surface area contributed by atoms with Crippen LogP contribution >= 0.6 is 11.6 Å². The van der Waals surface area contributed by atoms with E-state index in [0.717, 1.165) is 32.7 Å². The van der Waals surface area contributed by atoms with E-state index in [1.807, 2.05) is 6.07 Å². The molecule has 1 atom stereocenters. The number of carbonyl (C=O) groups is 1. The Bertz CT molecular complexity index is 670. The first-order valence-corrected chi connectivity index (χ1v) is 8.99. The van der Waals surface area contributed by atoms with E-state index in [1.54, 1.807) is 24.3 Å². The summed E-state index contributed by atoms with van der Waals surface area (Å²) in [5.41, 5.74) is 1.91. The molecule has 0 aliphatic carbocycles. The van der Waals surface area contributed by atoms with Crippen molar-refractivity contribution in [2.24, 2.45) is 0 Å². The fraction of sp³-hybridized carbons (Fsp3) is 0.350. The van der Waals surface area contributed by atoms with Gasteiger partial charge in [-0.25, -0.2) is 0 Å². The van der Waals surface area contributed by atoms with Crippen molar-refractivity contribution in [1.82, 2.24) is 10.2 Å². The predicted octanol–water partition coefficient (Wildman–Crippen LogP) is 3.01. The lowest BCUT2D eigenvalue weighted by atomic mass is 10.0. The minimum Gasteiger partial charge on any atom is -0.379 e. The SMILES string of the molecule is O=C(NCC(Cc1ccccc1)N1CCOCC1)c1ccc(Cl)cc1. The van der Waals surface area contributed by atoms with Crippen LogP contribution in [0, 0.1) is 0 Å². The van der Waals surface area contributed by atoms with E-state index < -0.39 is 0 Å². The van der Waals surface area contributed by atoms with Gasteiger partial charge in [-0.15, -0.1) is 0 Å². The first kappa shape index (κ1) is 17.9. The van der Waals surface area contributed by atoms with Gasteiger partial charge >= 0.3 is 0 Å². The Labute approximate surface area is 153 Å². The Balaban J connectivity index is 1.64. The van der Waals surface area contributed by atoms with Crippen molar-refractivity contribution in [2.75, 3.05) is 32.8 Å². The van der Waals surface area contributed by atoms with Crippen LogP contribution in [0.5, 0.6) is 0 Å². The first-order valence-electron chi connectivity index (χ1n) is 8.62. The van der Waals surface area contributed by atoms with Gasteiger partial charge in [0.25, 0.3) is 5.91 Å². The molecule has 25 heavy (non-hydrogen) atoms. The minimum absolute atomic E-state index is 0.0667. The maximum absolute atomic E-state index is 12.4. The topological polar surface area (TPSA) is 41.6 Å². The number of rotatable bonds is 6. The van der Waals surface area contributed by atoms with Gasteiger partial charge in [-0.05, 0) is 36.2 Å². The smallest absolute Gasteiger partial charge is 0.251 e. The monoisotopic (exact) mass is 358 g/mol. The number of hydrogen-bond acceptors (Lipinski definition) is 3. The van der Waals surface area contributed by atoms with Crippen LogP contribution in [0.2, 0.25) is 5.02 Å². The highest BCUT2D eigenvalue weighted by Gasteiger charge is 2.22. The number of morpholine rings is 1. The summed E-state index contributed by atoms with van der Waals surface area (Å²) in [6.07, 6.45) is 0.905. The summed E-state index contributed by atoms with van der Waals surface area (Å²) in [6, 6.07) is 17.6. The molecule has 1 amide bonds. The van der Waals surface area contributed by atoms with E-state index in [0.29, 0.717) is 17.1 Å². The van der Waals surface area contributed by atoms with Gasteiger partial charge in [0, 0.05) is 36.3 Å². The lowest BCUT2D eigenvalue weighted by Crippen LogP contribution is -2.49. The molecule has 0 aromatic heterocycles. The van der Waals surface area contributed by atoms with E-state index >= 15 is 0 Å². The molecular formula is C20H23ClN2O2. The molecule has 1 heterocycles. The van der Waals surface area contributed by atoms with E-state index in [1.165, 1.54) is 5.56 Å². The van der Waals surface area contributed by atoms with Crippen molar-refractivity contribution in [1.29, 1.82) is 0 Å².